The predicted molar refractivity (Wildman–Crippen MR) is 66.5 cm³/mol. The minimum absolute atomic E-state index is 0.102. The zero-order valence-electron chi connectivity index (χ0n) is 9.61. The molecule has 2 rings (SSSR count). The quantitative estimate of drug-likeness (QED) is 0.723. The van der Waals surface area contributed by atoms with Crippen molar-refractivity contribution in [1.29, 1.82) is 0 Å². The topological polar surface area (TPSA) is 17.1 Å². The van der Waals surface area contributed by atoms with E-state index in [2.05, 4.69) is 0 Å². The third kappa shape index (κ3) is 2.41. The summed E-state index contributed by atoms with van der Waals surface area (Å²) in [5, 5.41) is 0. The van der Waals surface area contributed by atoms with E-state index in [0.29, 0.717) is 17.5 Å². The summed E-state index contributed by atoms with van der Waals surface area (Å²) in [5.74, 6) is -0.146. The van der Waals surface area contributed by atoms with E-state index in [1.807, 2.05) is 6.92 Å². The normalized spacial score (nSPS) is 10.2. The molecule has 2 heteroatoms. The van der Waals surface area contributed by atoms with Crippen LogP contribution < -0.4 is 0 Å². The van der Waals surface area contributed by atoms with Gasteiger partial charge in [0.2, 0.25) is 0 Å². The fourth-order valence-corrected chi connectivity index (χ4v) is 1.74. The standard InChI is InChI=1S/C15H13FO/c1-2-15(17)12-9-7-11(8-10-12)13-5-3-4-6-14(13)16/h3-10H,2H2,1H3. The molecule has 86 valence electrons. The summed E-state index contributed by atoms with van der Waals surface area (Å²) in [4.78, 5) is 11.5. The average molecular weight is 228 g/mol. The van der Waals surface area contributed by atoms with Crippen LogP contribution in [0.25, 0.3) is 11.1 Å². The van der Waals surface area contributed by atoms with Gasteiger partial charge < -0.3 is 0 Å². The van der Waals surface area contributed by atoms with Crippen LogP contribution >= 0.6 is 0 Å². The molecule has 2 aromatic rings. The zero-order chi connectivity index (χ0) is 12.3. The highest BCUT2D eigenvalue weighted by atomic mass is 19.1. The number of Topliss-reactive ketones (excluding diaryl/α,β-unsaturated/α-hetero) is 1. The number of hydrogen-bond donors (Lipinski definition) is 0. The molecule has 0 saturated heterocycles. The Balaban J connectivity index is 2.36. The van der Waals surface area contributed by atoms with E-state index in [4.69, 9.17) is 0 Å². The summed E-state index contributed by atoms with van der Waals surface area (Å²) in [5.41, 5.74) is 2.02. The molecule has 0 atom stereocenters. The van der Waals surface area contributed by atoms with Crippen molar-refractivity contribution in [3.05, 3.63) is 59.9 Å². The lowest BCUT2D eigenvalue weighted by Crippen LogP contribution is -1.95. The number of carbonyl (C=O) groups is 1. The van der Waals surface area contributed by atoms with Crippen LogP contribution in [0.2, 0.25) is 0 Å². The molecular formula is C15H13FO. The summed E-state index contributed by atoms with van der Waals surface area (Å²) in [6.07, 6.45) is 0.485. The van der Waals surface area contributed by atoms with Crippen LogP contribution in [0.15, 0.2) is 48.5 Å². The van der Waals surface area contributed by atoms with Gasteiger partial charge in [-0.15, -0.1) is 0 Å². The Hall–Kier alpha value is -1.96. The van der Waals surface area contributed by atoms with Crippen LogP contribution in [-0.4, -0.2) is 5.78 Å². The Morgan fingerprint density at radius 2 is 1.71 bits per heavy atom. The van der Waals surface area contributed by atoms with Gasteiger partial charge in [0, 0.05) is 17.5 Å². The molecule has 0 saturated carbocycles. The lowest BCUT2D eigenvalue weighted by atomic mass is 10.0. The predicted octanol–water partition coefficient (Wildman–Crippen LogP) is 4.09. The first-order valence-corrected chi connectivity index (χ1v) is 5.60. The van der Waals surface area contributed by atoms with Crippen LogP contribution in [-0.2, 0) is 0 Å². The molecule has 0 spiro atoms. The number of ketones is 1. The van der Waals surface area contributed by atoms with Crippen molar-refractivity contribution in [2.24, 2.45) is 0 Å². The lowest BCUT2D eigenvalue weighted by Gasteiger charge is -2.04. The molecule has 0 bridgehead atoms. The van der Waals surface area contributed by atoms with Gasteiger partial charge in [0.25, 0.3) is 0 Å². The summed E-state index contributed by atoms with van der Waals surface area (Å²) >= 11 is 0. The summed E-state index contributed by atoms with van der Waals surface area (Å²) in [6.45, 7) is 1.83. The number of halogens is 1. The molecule has 0 heterocycles. The minimum Gasteiger partial charge on any atom is -0.294 e. The van der Waals surface area contributed by atoms with Crippen molar-refractivity contribution in [1.82, 2.24) is 0 Å². The maximum Gasteiger partial charge on any atom is 0.162 e. The highest BCUT2D eigenvalue weighted by molar-refractivity contribution is 5.96. The maximum atomic E-state index is 13.5. The molecule has 0 radical (unpaired) electrons. The third-order valence-corrected chi connectivity index (χ3v) is 2.71. The SMILES string of the molecule is CCC(=O)c1ccc(-c2ccccc2F)cc1. The molecule has 0 fully saturated rings. The van der Waals surface area contributed by atoms with Crippen LogP contribution in [0, 0.1) is 5.82 Å². The molecule has 2 aromatic carbocycles. The number of rotatable bonds is 3. The van der Waals surface area contributed by atoms with Gasteiger partial charge in [-0.1, -0.05) is 49.4 Å². The summed E-state index contributed by atoms with van der Waals surface area (Å²) < 4.78 is 13.5. The third-order valence-electron chi connectivity index (χ3n) is 2.71. The van der Waals surface area contributed by atoms with Crippen molar-refractivity contribution < 1.29 is 9.18 Å². The first-order valence-electron chi connectivity index (χ1n) is 5.60. The first-order chi connectivity index (χ1) is 8.22. The monoisotopic (exact) mass is 228 g/mol. The maximum absolute atomic E-state index is 13.5. The molecular weight excluding hydrogens is 215 g/mol. The van der Waals surface area contributed by atoms with Gasteiger partial charge in [-0.25, -0.2) is 4.39 Å². The fourth-order valence-electron chi connectivity index (χ4n) is 1.74. The van der Waals surface area contributed by atoms with Crippen LogP contribution in [0.3, 0.4) is 0 Å². The van der Waals surface area contributed by atoms with Crippen molar-refractivity contribution in [2.45, 2.75) is 13.3 Å². The van der Waals surface area contributed by atoms with Crippen LogP contribution in [0.5, 0.6) is 0 Å². The van der Waals surface area contributed by atoms with Crippen LogP contribution in [0.4, 0.5) is 4.39 Å². The van der Waals surface area contributed by atoms with Gasteiger partial charge in [0.1, 0.15) is 5.82 Å². The molecule has 0 aliphatic carbocycles. The summed E-state index contributed by atoms with van der Waals surface area (Å²) in [7, 11) is 0. The van der Waals surface area contributed by atoms with Crippen molar-refractivity contribution in [2.75, 3.05) is 0 Å². The molecule has 0 amide bonds. The number of benzene rings is 2. The average Bonchev–Trinajstić information content (AvgIpc) is 2.39. The highest BCUT2D eigenvalue weighted by Gasteiger charge is 2.06. The van der Waals surface area contributed by atoms with Crippen molar-refractivity contribution in [3.63, 3.8) is 0 Å². The van der Waals surface area contributed by atoms with E-state index in [9.17, 15) is 9.18 Å². The van der Waals surface area contributed by atoms with E-state index in [1.54, 1.807) is 42.5 Å². The fraction of sp³-hybridized carbons (Fsp3) is 0.133. The summed E-state index contributed by atoms with van der Waals surface area (Å²) in [6, 6.07) is 13.7. The molecule has 1 nitrogen and oxygen atoms in total. The molecule has 0 N–H and O–H groups in total. The first kappa shape index (κ1) is 11.5. The van der Waals surface area contributed by atoms with Crippen LogP contribution in [0.1, 0.15) is 23.7 Å². The zero-order valence-corrected chi connectivity index (χ0v) is 9.61. The number of hydrogen-bond acceptors (Lipinski definition) is 1. The smallest absolute Gasteiger partial charge is 0.162 e. The largest absolute Gasteiger partial charge is 0.294 e. The van der Waals surface area contributed by atoms with E-state index < -0.39 is 0 Å². The van der Waals surface area contributed by atoms with E-state index in [-0.39, 0.29) is 11.6 Å². The lowest BCUT2D eigenvalue weighted by molar-refractivity contribution is 0.0988. The minimum atomic E-state index is -0.248. The molecule has 0 unspecified atom stereocenters. The Kier molecular flexibility index (Phi) is 3.33. The second kappa shape index (κ2) is 4.91. The van der Waals surface area contributed by atoms with Gasteiger partial charge in [-0.2, -0.15) is 0 Å². The Bertz CT molecular complexity index is 529. The Labute approximate surface area is 99.9 Å². The van der Waals surface area contributed by atoms with E-state index >= 15 is 0 Å². The Morgan fingerprint density at radius 1 is 1.06 bits per heavy atom. The van der Waals surface area contributed by atoms with Gasteiger partial charge in [-0.3, -0.25) is 4.79 Å². The second-order valence-corrected chi connectivity index (χ2v) is 3.83. The van der Waals surface area contributed by atoms with Gasteiger partial charge >= 0.3 is 0 Å². The number of carbonyl (C=O) groups excluding carboxylic acids is 1. The van der Waals surface area contributed by atoms with Gasteiger partial charge in [0.05, 0.1) is 0 Å². The molecule has 17 heavy (non-hydrogen) atoms. The second-order valence-electron chi connectivity index (χ2n) is 3.83. The Morgan fingerprint density at radius 3 is 2.29 bits per heavy atom. The van der Waals surface area contributed by atoms with E-state index in [0.717, 1.165) is 5.56 Å². The molecule has 0 aliphatic rings. The van der Waals surface area contributed by atoms with Crippen molar-refractivity contribution in [3.8, 4) is 11.1 Å². The highest BCUT2D eigenvalue weighted by Crippen LogP contribution is 2.22. The van der Waals surface area contributed by atoms with Gasteiger partial charge in [-0.05, 0) is 11.6 Å². The molecule has 0 aromatic heterocycles. The van der Waals surface area contributed by atoms with E-state index in [1.165, 1.54) is 6.07 Å². The van der Waals surface area contributed by atoms with Gasteiger partial charge in [0.15, 0.2) is 5.78 Å². The van der Waals surface area contributed by atoms with Crippen molar-refractivity contribution >= 4 is 5.78 Å². The molecule has 0 aliphatic heterocycles.